The van der Waals surface area contributed by atoms with Crippen molar-refractivity contribution in [2.75, 3.05) is 13.1 Å². The molecule has 9 nitrogen and oxygen atoms in total. The molecule has 0 aromatic heterocycles. The average Bonchev–Trinajstić information content (AvgIpc) is 3.57. The summed E-state index contributed by atoms with van der Waals surface area (Å²) in [6, 6.07) is -1.44. The van der Waals surface area contributed by atoms with Gasteiger partial charge in [-0.05, 0) is 48.0 Å². The Morgan fingerprint density at radius 2 is 1.88 bits per heavy atom. The van der Waals surface area contributed by atoms with Crippen molar-refractivity contribution in [3.05, 3.63) is 0 Å². The van der Waals surface area contributed by atoms with E-state index in [0.717, 1.165) is 12.8 Å². The van der Waals surface area contributed by atoms with Crippen LogP contribution in [0.2, 0.25) is 5.04 Å². The fourth-order valence-corrected chi connectivity index (χ4v) is 8.24. The zero-order chi connectivity index (χ0) is 25.0. The van der Waals surface area contributed by atoms with Crippen molar-refractivity contribution >= 4 is 38.5 Å². The number of aldehydes is 1. The van der Waals surface area contributed by atoms with E-state index in [1.165, 1.54) is 0 Å². The number of fused-ring (bicyclic) bond motifs is 1. The highest BCUT2D eigenvalue weighted by Gasteiger charge is 2.70. The Morgan fingerprint density at radius 3 is 2.41 bits per heavy atom. The van der Waals surface area contributed by atoms with E-state index in [2.05, 4.69) is 29.5 Å². The first-order valence-electron chi connectivity index (χ1n) is 12.5. The molecule has 188 valence electrons. The van der Waals surface area contributed by atoms with E-state index in [9.17, 15) is 24.0 Å². The van der Waals surface area contributed by atoms with Crippen LogP contribution in [0.15, 0.2) is 0 Å². The number of carbonyl (C=O) groups is 5. The molecule has 2 heterocycles. The lowest BCUT2D eigenvalue weighted by molar-refractivity contribution is -0.129. The average molecular weight is 491 g/mol. The summed E-state index contributed by atoms with van der Waals surface area (Å²) in [7, 11) is -2.46. The molecule has 0 radical (unpaired) electrons. The van der Waals surface area contributed by atoms with Crippen molar-refractivity contribution in [2.24, 2.45) is 29.1 Å². The smallest absolute Gasteiger partial charge is 0.248 e. The summed E-state index contributed by atoms with van der Waals surface area (Å²) in [5.41, 5.74) is -0.168. The van der Waals surface area contributed by atoms with E-state index in [0.29, 0.717) is 25.8 Å². The van der Waals surface area contributed by atoms with E-state index in [4.69, 9.17) is 0 Å². The van der Waals surface area contributed by atoms with Crippen LogP contribution < -0.4 is 15.6 Å². The molecular formula is C24H38N4O5Si. The van der Waals surface area contributed by atoms with Crippen LogP contribution >= 0.6 is 0 Å². The first-order valence-corrected chi connectivity index (χ1v) is 14.2. The maximum Gasteiger partial charge on any atom is 0.248 e. The van der Waals surface area contributed by atoms with Gasteiger partial charge in [0.1, 0.15) is 12.3 Å². The van der Waals surface area contributed by atoms with E-state index in [1.807, 2.05) is 20.8 Å². The summed E-state index contributed by atoms with van der Waals surface area (Å²) < 4.78 is 0. The van der Waals surface area contributed by atoms with Gasteiger partial charge in [-0.1, -0.05) is 34.6 Å². The van der Waals surface area contributed by atoms with Crippen molar-refractivity contribution in [1.29, 1.82) is 0 Å². The molecule has 2 saturated carbocycles. The minimum atomic E-state index is -2.46. The van der Waals surface area contributed by atoms with Crippen LogP contribution in [0.5, 0.6) is 0 Å². The second-order valence-corrected chi connectivity index (χ2v) is 15.6. The molecule has 3 N–H and O–H groups in total. The van der Waals surface area contributed by atoms with Crippen molar-refractivity contribution in [2.45, 2.75) is 77.4 Å². The molecule has 2 saturated heterocycles. The zero-order valence-electron chi connectivity index (χ0n) is 20.8. The lowest BCUT2D eigenvalue weighted by Crippen LogP contribution is -2.61. The second-order valence-electron chi connectivity index (χ2n) is 12.2. The largest absolute Gasteiger partial charge is 0.375 e. The fourth-order valence-electron chi connectivity index (χ4n) is 5.83. The van der Waals surface area contributed by atoms with Gasteiger partial charge in [0.25, 0.3) is 0 Å². The summed E-state index contributed by atoms with van der Waals surface area (Å²) in [6.45, 7) is 11.2. The topological polar surface area (TPSA) is 125 Å². The molecule has 0 bridgehead atoms. The van der Waals surface area contributed by atoms with Gasteiger partial charge >= 0.3 is 0 Å². The lowest BCUT2D eigenvalue weighted by atomic mass is 9.97. The fraction of sp³-hybridized carbons (Fsp3) is 0.792. The van der Waals surface area contributed by atoms with Gasteiger partial charge < -0.3 is 25.3 Å². The van der Waals surface area contributed by atoms with Crippen molar-refractivity contribution in [3.63, 3.8) is 0 Å². The van der Waals surface area contributed by atoms with Crippen LogP contribution in [0.3, 0.4) is 0 Å². The maximum absolute atomic E-state index is 13.8. The van der Waals surface area contributed by atoms with Gasteiger partial charge in [-0.3, -0.25) is 19.2 Å². The van der Waals surface area contributed by atoms with Crippen LogP contribution in [-0.4, -0.2) is 68.6 Å². The first-order chi connectivity index (χ1) is 15.9. The first kappa shape index (κ1) is 24.9. The van der Waals surface area contributed by atoms with Crippen molar-refractivity contribution in [1.82, 2.24) is 20.5 Å². The Morgan fingerprint density at radius 1 is 1.21 bits per heavy atom. The molecule has 4 fully saturated rings. The van der Waals surface area contributed by atoms with E-state index >= 15 is 0 Å². The Labute approximate surface area is 202 Å². The number of nitrogens with zero attached hydrogens (tertiary/aromatic N) is 1. The van der Waals surface area contributed by atoms with Crippen LogP contribution in [0, 0.1) is 29.1 Å². The quantitative estimate of drug-likeness (QED) is 0.344. The predicted octanol–water partition coefficient (Wildman–Crippen LogP) is 0.905. The summed E-state index contributed by atoms with van der Waals surface area (Å²) in [5.74, 6) is -0.511. The number of hydrogen-bond acceptors (Lipinski definition) is 5. The number of amides is 4. The number of rotatable bonds is 8. The van der Waals surface area contributed by atoms with Gasteiger partial charge in [0.05, 0.1) is 6.04 Å². The summed E-state index contributed by atoms with van der Waals surface area (Å²) in [4.78, 5) is 68.3. The summed E-state index contributed by atoms with van der Waals surface area (Å²) in [6.07, 6.45) is 3.32. The Hall–Kier alpha value is -2.23. The third-order valence-corrected chi connectivity index (χ3v) is 11.4. The molecule has 2 aliphatic heterocycles. The molecule has 4 aliphatic rings. The van der Waals surface area contributed by atoms with Crippen molar-refractivity contribution < 1.29 is 24.0 Å². The van der Waals surface area contributed by atoms with Crippen LogP contribution in [0.4, 0.5) is 4.79 Å². The SMILES string of the molecule is CC1(C)[C@@H]2[C@@H](C(=O)N[C@H](C=O)C[C@@H]3CCNC3=O)N(C(=O)[Si@@H](NC(=O)C3CC3)C(C)(C)C)C[C@@H]21. The zero-order valence-corrected chi connectivity index (χ0v) is 22.0. The monoisotopic (exact) mass is 490 g/mol. The van der Waals surface area contributed by atoms with Gasteiger partial charge in [-0.2, -0.15) is 0 Å². The summed E-state index contributed by atoms with van der Waals surface area (Å²) in [5, 5.41) is 5.20. The van der Waals surface area contributed by atoms with E-state index < -0.39 is 21.0 Å². The number of hydrogen-bond donors (Lipinski definition) is 3. The third kappa shape index (κ3) is 4.65. The minimum Gasteiger partial charge on any atom is -0.375 e. The second kappa shape index (κ2) is 8.77. The molecule has 4 rings (SSSR count). The van der Waals surface area contributed by atoms with Crippen molar-refractivity contribution in [3.8, 4) is 0 Å². The molecule has 0 unspecified atom stereocenters. The number of piperidine rings is 1. The maximum atomic E-state index is 13.8. The molecule has 0 aromatic rings. The van der Waals surface area contributed by atoms with E-state index in [1.54, 1.807) is 4.90 Å². The van der Waals surface area contributed by atoms with Crippen LogP contribution in [0.1, 0.15) is 60.3 Å². The standard InChI is InChI=1S/C24H38N4O5Si/c1-23(2,3)34(27-20(31)13-6-7-13)22(33)28-11-16-17(24(16,4)5)18(28)21(32)26-15(12-29)10-14-8-9-25-19(14)30/h12-18,34H,6-11H2,1-5H3,(H,25,30)(H,26,32)(H,27,31)/t14-,15-,16-,17-,18-,34+/m0/s1. The molecule has 4 amide bonds. The lowest BCUT2D eigenvalue weighted by Gasteiger charge is -2.37. The Kier molecular flexibility index (Phi) is 6.41. The van der Waals surface area contributed by atoms with Crippen LogP contribution in [-0.2, 0) is 19.2 Å². The molecule has 0 spiro atoms. The molecule has 10 heteroatoms. The van der Waals surface area contributed by atoms with Gasteiger partial charge in [-0.15, -0.1) is 0 Å². The highest BCUT2D eigenvalue weighted by atomic mass is 28.3. The minimum absolute atomic E-state index is 0.0105. The van der Waals surface area contributed by atoms with Crippen LogP contribution in [0.25, 0.3) is 0 Å². The number of nitrogens with one attached hydrogen (secondary N) is 3. The van der Waals surface area contributed by atoms with Gasteiger partial charge in [0.2, 0.25) is 32.2 Å². The number of carbonyl (C=O) groups excluding carboxylic acids is 5. The highest BCUT2D eigenvalue weighted by molar-refractivity contribution is 6.91. The summed E-state index contributed by atoms with van der Waals surface area (Å²) >= 11 is 0. The van der Waals surface area contributed by atoms with Gasteiger partial charge in [0, 0.05) is 24.9 Å². The van der Waals surface area contributed by atoms with E-state index in [-0.39, 0.29) is 63.8 Å². The highest BCUT2D eigenvalue weighted by Crippen LogP contribution is 2.65. The molecule has 34 heavy (non-hydrogen) atoms. The molecule has 6 atom stereocenters. The Bertz CT molecular complexity index is 896. The Balaban J connectivity index is 1.50. The molecular weight excluding hydrogens is 452 g/mol. The molecule has 2 aliphatic carbocycles. The molecule has 0 aromatic carbocycles. The van der Waals surface area contributed by atoms with Gasteiger partial charge in [0.15, 0.2) is 0 Å². The number of likely N-dealkylation sites (tertiary alicyclic amines) is 1. The third-order valence-electron chi connectivity index (χ3n) is 8.30. The van der Waals surface area contributed by atoms with Gasteiger partial charge in [-0.25, -0.2) is 0 Å². The normalized spacial score (nSPS) is 31.2. The predicted molar refractivity (Wildman–Crippen MR) is 128 cm³/mol.